The number of nitrogens with zero attached hydrogens (tertiary/aromatic N) is 2. The van der Waals surface area contributed by atoms with Crippen LogP contribution in [-0.4, -0.2) is 67.9 Å². The van der Waals surface area contributed by atoms with Gasteiger partial charge >= 0.3 is 0 Å². The lowest BCUT2D eigenvalue weighted by Gasteiger charge is -1.97. The van der Waals surface area contributed by atoms with Crippen molar-refractivity contribution >= 4 is 61.9 Å². The van der Waals surface area contributed by atoms with Crippen molar-refractivity contribution in [2.24, 2.45) is 21.5 Å². The van der Waals surface area contributed by atoms with E-state index in [4.69, 9.17) is 11.5 Å². The summed E-state index contributed by atoms with van der Waals surface area (Å²) in [6.07, 6.45) is 4.71. The maximum Gasteiger partial charge on any atom is 0.150 e. The Kier molecular flexibility index (Phi) is 23.8. The van der Waals surface area contributed by atoms with Crippen LogP contribution in [-0.2, 0) is 0 Å². The van der Waals surface area contributed by atoms with E-state index >= 15 is 0 Å². The van der Waals surface area contributed by atoms with E-state index in [1.54, 1.807) is 33.7 Å². The normalized spacial score (nSPS) is 10.5. The van der Waals surface area contributed by atoms with E-state index in [2.05, 4.69) is 34.3 Å². The minimum Gasteiger partial charge on any atom is -0.330 e. The van der Waals surface area contributed by atoms with Crippen molar-refractivity contribution in [3.63, 3.8) is 0 Å². The van der Waals surface area contributed by atoms with Crippen LogP contribution in [0.25, 0.3) is 0 Å². The summed E-state index contributed by atoms with van der Waals surface area (Å²) in [5.41, 5.74) is 13.5. The second kappa shape index (κ2) is 26.6. The van der Waals surface area contributed by atoms with Gasteiger partial charge in [0.25, 0.3) is 0 Å². The zero-order valence-corrected chi connectivity index (χ0v) is 24.9. The maximum atomic E-state index is 10.0. The van der Waals surface area contributed by atoms with Gasteiger partial charge in [-0.05, 0) is 11.1 Å². The maximum absolute atomic E-state index is 10.0. The number of aldehydes is 1. The van der Waals surface area contributed by atoms with Crippen LogP contribution in [0.5, 0.6) is 0 Å². The van der Waals surface area contributed by atoms with E-state index in [1.165, 1.54) is 0 Å². The van der Waals surface area contributed by atoms with Crippen molar-refractivity contribution in [2.45, 2.75) is 0 Å². The van der Waals surface area contributed by atoms with Crippen LogP contribution in [0, 0.1) is 0 Å². The molecule has 0 aliphatic rings. The number of nitrogens with two attached hydrogens (primary N) is 2. The average molecular weight is 587 g/mol. The third kappa shape index (κ3) is 21.0. The SMILES string of the molecule is C(=NCCSSCCN=Cc1ccccc1)c1ccccc1.NCCSSCCN.O=Cc1ccccc1. The Morgan fingerprint density at radius 1 is 0.526 bits per heavy atom. The first-order valence-corrected chi connectivity index (χ1v) is 17.3. The van der Waals surface area contributed by atoms with Crippen molar-refractivity contribution in [3.05, 3.63) is 108 Å². The van der Waals surface area contributed by atoms with E-state index in [-0.39, 0.29) is 0 Å². The molecule has 204 valence electrons. The molecule has 4 N–H and O–H groups in total. The van der Waals surface area contributed by atoms with E-state index in [0.29, 0.717) is 0 Å². The van der Waals surface area contributed by atoms with Crippen molar-refractivity contribution in [1.29, 1.82) is 0 Å². The topological polar surface area (TPSA) is 93.8 Å². The number of carbonyl (C=O) groups excluding carboxylic acids is 1. The van der Waals surface area contributed by atoms with Crippen molar-refractivity contribution in [1.82, 2.24) is 0 Å². The highest BCUT2D eigenvalue weighted by Gasteiger charge is 1.90. The average Bonchev–Trinajstić information content (AvgIpc) is 2.98. The predicted molar refractivity (Wildman–Crippen MR) is 178 cm³/mol. The van der Waals surface area contributed by atoms with Gasteiger partial charge in [0.05, 0.1) is 0 Å². The zero-order valence-electron chi connectivity index (χ0n) is 21.6. The Morgan fingerprint density at radius 2 is 0.868 bits per heavy atom. The molecular weight excluding hydrogens is 549 g/mol. The van der Waals surface area contributed by atoms with Crippen LogP contribution in [0.3, 0.4) is 0 Å². The van der Waals surface area contributed by atoms with Crippen LogP contribution in [0.1, 0.15) is 21.5 Å². The van der Waals surface area contributed by atoms with Gasteiger partial charge in [-0.1, -0.05) is 134 Å². The number of hydrogen-bond donors (Lipinski definition) is 2. The second-order valence-corrected chi connectivity index (χ2v) is 12.7. The number of aliphatic imine (C=N–C) groups is 2. The van der Waals surface area contributed by atoms with Crippen LogP contribution < -0.4 is 11.5 Å². The predicted octanol–water partition coefficient (Wildman–Crippen LogP) is 6.39. The molecule has 0 heterocycles. The van der Waals surface area contributed by atoms with E-state index in [9.17, 15) is 4.79 Å². The monoisotopic (exact) mass is 586 g/mol. The summed E-state index contributed by atoms with van der Waals surface area (Å²) in [4.78, 5) is 18.9. The lowest BCUT2D eigenvalue weighted by atomic mass is 10.2. The molecule has 3 rings (SSSR count). The number of benzene rings is 3. The third-order valence-corrected chi connectivity index (χ3v) is 9.03. The molecule has 3 aromatic carbocycles. The molecule has 0 saturated heterocycles. The lowest BCUT2D eigenvalue weighted by Crippen LogP contribution is -2.02. The molecule has 0 fully saturated rings. The van der Waals surface area contributed by atoms with Gasteiger partial charge < -0.3 is 11.5 Å². The summed E-state index contributed by atoms with van der Waals surface area (Å²) in [5.74, 6) is 4.14. The molecule has 0 saturated carbocycles. The standard InChI is InChI=1S/C18H20N2S2.C7H6O.C4H12N2S2/c1-3-7-17(8-4-1)15-19-11-13-21-22-14-12-20-16-18-9-5-2-6-10-18;8-6-7-4-2-1-3-5-7;5-1-3-7-8-4-2-6/h1-10,15-16H,11-14H2;1-6H;1-6H2. The molecule has 0 atom stereocenters. The molecule has 9 heteroatoms. The number of rotatable bonds is 15. The van der Waals surface area contributed by atoms with Crippen molar-refractivity contribution in [3.8, 4) is 0 Å². The van der Waals surface area contributed by atoms with Gasteiger partial charge in [0.15, 0.2) is 0 Å². The van der Waals surface area contributed by atoms with Crippen molar-refractivity contribution < 1.29 is 4.79 Å². The Balaban J connectivity index is 0.000000368. The number of hydrogen-bond acceptors (Lipinski definition) is 9. The number of carbonyl (C=O) groups is 1. The van der Waals surface area contributed by atoms with Gasteiger partial charge in [0.1, 0.15) is 6.29 Å². The van der Waals surface area contributed by atoms with Gasteiger partial charge in [-0.3, -0.25) is 14.8 Å². The summed E-state index contributed by atoms with van der Waals surface area (Å²) in [5, 5.41) is 0. The molecule has 5 nitrogen and oxygen atoms in total. The molecule has 0 aliphatic carbocycles. The van der Waals surface area contributed by atoms with Crippen LogP contribution in [0.2, 0.25) is 0 Å². The highest BCUT2D eigenvalue weighted by molar-refractivity contribution is 8.77. The Morgan fingerprint density at radius 3 is 1.18 bits per heavy atom. The molecular formula is C29H38N4OS4. The molecule has 0 spiro atoms. The summed E-state index contributed by atoms with van der Waals surface area (Å²) in [7, 11) is 7.31. The molecule has 0 amide bonds. The van der Waals surface area contributed by atoms with Gasteiger partial charge in [-0.2, -0.15) is 0 Å². The largest absolute Gasteiger partial charge is 0.330 e. The third-order valence-electron chi connectivity index (χ3n) is 4.19. The first-order valence-electron chi connectivity index (χ1n) is 12.3. The van der Waals surface area contributed by atoms with Gasteiger partial charge in [-0.15, -0.1) is 0 Å². The zero-order chi connectivity index (χ0) is 27.4. The summed E-state index contributed by atoms with van der Waals surface area (Å²) < 4.78 is 0. The fourth-order valence-electron chi connectivity index (χ4n) is 2.46. The Hall–Kier alpha value is -2.01. The molecule has 0 radical (unpaired) electrons. The minimum absolute atomic E-state index is 0.729. The Bertz CT molecular complexity index is 918. The molecule has 38 heavy (non-hydrogen) atoms. The first kappa shape index (κ1) is 34.0. The summed E-state index contributed by atoms with van der Waals surface area (Å²) in [6.45, 7) is 3.25. The molecule has 0 aromatic heterocycles. The van der Waals surface area contributed by atoms with Gasteiger partial charge in [0, 0.05) is 67.2 Å². The molecule has 3 aromatic rings. The Labute approximate surface area is 243 Å². The fraction of sp³-hybridized carbons (Fsp3) is 0.276. The molecule has 0 aliphatic heterocycles. The fourth-order valence-corrected chi connectivity index (χ4v) is 5.92. The van der Waals surface area contributed by atoms with E-state index in [1.807, 2.05) is 88.6 Å². The van der Waals surface area contributed by atoms with E-state index in [0.717, 1.165) is 72.2 Å². The summed E-state index contributed by atoms with van der Waals surface area (Å²) >= 11 is 0. The van der Waals surface area contributed by atoms with Crippen molar-refractivity contribution in [2.75, 3.05) is 49.2 Å². The minimum atomic E-state index is 0.729. The smallest absolute Gasteiger partial charge is 0.150 e. The highest BCUT2D eigenvalue weighted by atomic mass is 33.1. The second-order valence-electron chi connectivity index (χ2n) is 7.29. The van der Waals surface area contributed by atoms with E-state index < -0.39 is 0 Å². The summed E-state index contributed by atoms with van der Waals surface area (Å²) in [6, 6.07) is 29.5. The molecule has 0 unspecified atom stereocenters. The van der Waals surface area contributed by atoms with Gasteiger partial charge in [0.2, 0.25) is 0 Å². The highest BCUT2D eigenvalue weighted by Crippen LogP contribution is 2.20. The van der Waals surface area contributed by atoms with Gasteiger partial charge in [-0.25, -0.2) is 0 Å². The quantitative estimate of drug-likeness (QED) is 0.0922. The first-order chi connectivity index (χ1) is 18.8. The van der Waals surface area contributed by atoms with Crippen LogP contribution >= 0.6 is 43.2 Å². The van der Waals surface area contributed by atoms with Crippen LogP contribution in [0.15, 0.2) is 101 Å². The van der Waals surface area contributed by atoms with Crippen LogP contribution in [0.4, 0.5) is 0 Å². The molecule has 0 bridgehead atoms. The lowest BCUT2D eigenvalue weighted by molar-refractivity contribution is 0.112.